The lowest BCUT2D eigenvalue weighted by molar-refractivity contribution is 0.0940. The zero-order chi connectivity index (χ0) is 20.9. The van der Waals surface area contributed by atoms with Gasteiger partial charge in [0, 0.05) is 43.1 Å². The van der Waals surface area contributed by atoms with Crippen LogP contribution in [0.4, 0.5) is 11.4 Å². The second kappa shape index (κ2) is 9.49. The molecular formula is C24H31N3O3. The summed E-state index contributed by atoms with van der Waals surface area (Å²) in [4.78, 5) is 17.5. The highest BCUT2D eigenvalue weighted by molar-refractivity contribution is 5.95. The summed E-state index contributed by atoms with van der Waals surface area (Å²) in [6.07, 6.45) is 0. The van der Waals surface area contributed by atoms with Crippen molar-refractivity contribution >= 4 is 17.3 Å². The van der Waals surface area contributed by atoms with Crippen LogP contribution >= 0.6 is 0 Å². The number of nitrogens with one attached hydrogen (secondary N) is 1. The molecule has 0 unspecified atom stereocenters. The molecule has 160 valence electrons. The normalized spacial score (nSPS) is 18.2. The Labute approximate surface area is 178 Å². The zero-order valence-corrected chi connectivity index (χ0v) is 17.9. The van der Waals surface area contributed by atoms with E-state index in [1.807, 2.05) is 25.1 Å². The molecule has 0 bridgehead atoms. The number of benzene rings is 2. The van der Waals surface area contributed by atoms with E-state index in [0.717, 1.165) is 63.9 Å². The number of aryl methyl sites for hydroxylation is 1. The Hall–Kier alpha value is -2.57. The molecule has 4 rings (SSSR count). The van der Waals surface area contributed by atoms with Crippen LogP contribution < -0.4 is 15.1 Å². The Morgan fingerprint density at radius 2 is 1.50 bits per heavy atom. The van der Waals surface area contributed by atoms with E-state index in [4.69, 9.17) is 9.47 Å². The van der Waals surface area contributed by atoms with E-state index in [2.05, 4.69) is 46.3 Å². The monoisotopic (exact) mass is 409 g/mol. The fourth-order valence-electron chi connectivity index (χ4n) is 4.05. The average Bonchev–Trinajstić information content (AvgIpc) is 2.80. The van der Waals surface area contributed by atoms with E-state index >= 15 is 0 Å². The van der Waals surface area contributed by atoms with Crippen molar-refractivity contribution in [1.29, 1.82) is 0 Å². The van der Waals surface area contributed by atoms with Crippen molar-refractivity contribution in [3.63, 3.8) is 0 Å². The Morgan fingerprint density at radius 1 is 0.900 bits per heavy atom. The van der Waals surface area contributed by atoms with Crippen molar-refractivity contribution in [3.05, 3.63) is 59.2 Å². The molecule has 2 aromatic carbocycles. The van der Waals surface area contributed by atoms with E-state index in [0.29, 0.717) is 5.56 Å². The number of nitrogens with zero attached hydrogens (tertiary/aromatic N) is 2. The molecule has 1 amide bonds. The molecule has 2 fully saturated rings. The van der Waals surface area contributed by atoms with Gasteiger partial charge in [-0.15, -0.1) is 0 Å². The Bertz CT molecular complexity index is 856. The summed E-state index contributed by atoms with van der Waals surface area (Å²) in [6, 6.07) is 14.3. The van der Waals surface area contributed by atoms with Crippen LogP contribution in [0.25, 0.3) is 0 Å². The second-order valence-corrected chi connectivity index (χ2v) is 7.99. The summed E-state index contributed by atoms with van der Waals surface area (Å²) in [5.74, 6) is -0.0470. The molecule has 0 saturated carbocycles. The van der Waals surface area contributed by atoms with Gasteiger partial charge < -0.3 is 24.6 Å². The van der Waals surface area contributed by atoms with Gasteiger partial charge in [-0.2, -0.15) is 0 Å². The van der Waals surface area contributed by atoms with E-state index in [1.54, 1.807) is 0 Å². The molecule has 6 nitrogen and oxygen atoms in total. The summed E-state index contributed by atoms with van der Waals surface area (Å²) < 4.78 is 10.9. The van der Waals surface area contributed by atoms with Gasteiger partial charge in [-0.1, -0.05) is 18.2 Å². The average molecular weight is 410 g/mol. The predicted molar refractivity (Wildman–Crippen MR) is 120 cm³/mol. The van der Waals surface area contributed by atoms with Crippen molar-refractivity contribution in [1.82, 2.24) is 5.32 Å². The van der Waals surface area contributed by atoms with Gasteiger partial charge >= 0.3 is 0 Å². The van der Waals surface area contributed by atoms with Crippen molar-refractivity contribution in [3.8, 4) is 0 Å². The van der Waals surface area contributed by atoms with E-state index in [1.165, 1.54) is 11.3 Å². The number of morpholine rings is 2. The number of hydrogen-bond donors (Lipinski definition) is 1. The minimum absolute atomic E-state index is 0.0470. The third kappa shape index (κ3) is 4.77. The highest BCUT2D eigenvalue weighted by Gasteiger charge is 2.18. The van der Waals surface area contributed by atoms with E-state index < -0.39 is 0 Å². The number of carbonyl (C=O) groups is 1. The smallest absolute Gasteiger partial charge is 0.251 e. The number of ether oxygens (including phenoxy) is 2. The number of rotatable bonds is 5. The number of amides is 1. The Balaban J connectivity index is 1.41. The molecule has 2 aliphatic heterocycles. The largest absolute Gasteiger partial charge is 0.378 e. The maximum atomic E-state index is 12.9. The number of anilines is 2. The highest BCUT2D eigenvalue weighted by Crippen LogP contribution is 2.24. The summed E-state index contributed by atoms with van der Waals surface area (Å²) in [6.45, 7) is 10.7. The lowest BCUT2D eigenvalue weighted by atomic mass is 10.1. The lowest BCUT2D eigenvalue weighted by Crippen LogP contribution is -2.37. The van der Waals surface area contributed by atoms with Crippen LogP contribution in [0.3, 0.4) is 0 Å². The van der Waals surface area contributed by atoms with Crippen LogP contribution in [-0.2, 0) is 9.47 Å². The SMILES string of the molecule is Cc1ccc(C(=O)N[C@H](C)c2ccc(N3CCOCC3)cc2)cc1N1CCOCC1. The van der Waals surface area contributed by atoms with Gasteiger partial charge in [0.15, 0.2) is 0 Å². The molecule has 6 heteroatoms. The maximum absolute atomic E-state index is 12.9. The molecule has 0 spiro atoms. The molecule has 0 aromatic heterocycles. The minimum Gasteiger partial charge on any atom is -0.378 e. The molecule has 2 aromatic rings. The summed E-state index contributed by atoms with van der Waals surface area (Å²) in [5.41, 5.74) is 5.29. The molecule has 2 heterocycles. The first-order valence-corrected chi connectivity index (χ1v) is 10.8. The molecule has 0 aliphatic carbocycles. The molecule has 2 aliphatic rings. The van der Waals surface area contributed by atoms with Crippen molar-refractivity contribution in [2.75, 3.05) is 62.4 Å². The number of hydrogen-bond acceptors (Lipinski definition) is 5. The lowest BCUT2D eigenvalue weighted by Gasteiger charge is -2.30. The predicted octanol–water partition coefficient (Wildman–Crippen LogP) is 3.16. The van der Waals surface area contributed by atoms with E-state index in [-0.39, 0.29) is 11.9 Å². The fraction of sp³-hybridized carbons (Fsp3) is 0.458. The first-order valence-electron chi connectivity index (χ1n) is 10.8. The van der Waals surface area contributed by atoms with Gasteiger partial charge in [0.25, 0.3) is 5.91 Å². The van der Waals surface area contributed by atoms with Crippen molar-refractivity contribution in [2.24, 2.45) is 0 Å². The van der Waals surface area contributed by atoms with Gasteiger partial charge in [0.05, 0.1) is 32.5 Å². The van der Waals surface area contributed by atoms with Crippen LogP contribution in [-0.4, -0.2) is 58.5 Å². The van der Waals surface area contributed by atoms with Gasteiger partial charge in [-0.3, -0.25) is 4.79 Å². The van der Waals surface area contributed by atoms with Crippen LogP contribution in [0, 0.1) is 6.92 Å². The first kappa shape index (κ1) is 20.7. The van der Waals surface area contributed by atoms with Crippen molar-refractivity contribution in [2.45, 2.75) is 19.9 Å². The maximum Gasteiger partial charge on any atom is 0.251 e. The molecule has 30 heavy (non-hydrogen) atoms. The standard InChI is InChI=1S/C24H31N3O3/c1-18-3-4-21(17-23(18)27-11-15-30-16-12-27)24(28)25-19(2)20-5-7-22(8-6-20)26-9-13-29-14-10-26/h3-8,17,19H,9-16H2,1-2H3,(H,25,28)/t19-/m1/s1. The van der Waals surface area contributed by atoms with Gasteiger partial charge in [0.1, 0.15) is 0 Å². The van der Waals surface area contributed by atoms with Crippen LogP contribution in [0.2, 0.25) is 0 Å². The molecule has 2 saturated heterocycles. The molecular weight excluding hydrogens is 378 g/mol. The van der Waals surface area contributed by atoms with E-state index in [9.17, 15) is 4.79 Å². The Kier molecular flexibility index (Phi) is 6.55. The zero-order valence-electron chi connectivity index (χ0n) is 17.9. The van der Waals surface area contributed by atoms with Gasteiger partial charge in [-0.05, 0) is 49.2 Å². The second-order valence-electron chi connectivity index (χ2n) is 7.99. The fourth-order valence-corrected chi connectivity index (χ4v) is 4.05. The van der Waals surface area contributed by atoms with Crippen LogP contribution in [0.1, 0.15) is 34.5 Å². The third-order valence-electron chi connectivity index (χ3n) is 5.94. The Morgan fingerprint density at radius 3 is 2.13 bits per heavy atom. The van der Waals surface area contributed by atoms with Gasteiger partial charge in [-0.25, -0.2) is 0 Å². The number of carbonyl (C=O) groups excluding carboxylic acids is 1. The third-order valence-corrected chi connectivity index (χ3v) is 5.94. The molecule has 0 radical (unpaired) electrons. The minimum atomic E-state index is -0.0654. The summed E-state index contributed by atoms with van der Waals surface area (Å²) in [7, 11) is 0. The molecule has 1 N–H and O–H groups in total. The first-order chi connectivity index (χ1) is 14.6. The van der Waals surface area contributed by atoms with Crippen LogP contribution in [0.15, 0.2) is 42.5 Å². The summed E-state index contributed by atoms with van der Waals surface area (Å²) >= 11 is 0. The molecule has 1 atom stereocenters. The highest BCUT2D eigenvalue weighted by atomic mass is 16.5. The quantitative estimate of drug-likeness (QED) is 0.822. The van der Waals surface area contributed by atoms with Crippen LogP contribution in [0.5, 0.6) is 0 Å². The van der Waals surface area contributed by atoms with Crippen molar-refractivity contribution < 1.29 is 14.3 Å². The van der Waals surface area contributed by atoms with Gasteiger partial charge in [0.2, 0.25) is 0 Å². The topological polar surface area (TPSA) is 54.0 Å². The summed E-state index contributed by atoms with van der Waals surface area (Å²) in [5, 5.41) is 3.15.